The number of nitrogens with two attached hydrogens (primary N) is 1. The van der Waals surface area contributed by atoms with Crippen LogP contribution in [0.3, 0.4) is 0 Å². The Bertz CT molecular complexity index is 411. The molecule has 2 nitrogen and oxygen atoms in total. The van der Waals surface area contributed by atoms with E-state index in [0.29, 0.717) is 6.42 Å². The van der Waals surface area contributed by atoms with Gasteiger partial charge in [-0.1, -0.05) is 19.4 Å². The van der Waals surface area contributed by atoms with Crippen molar-refractivity contribution in [2.75, 3.05) is 0 Å². The maximum atomic E-state index is 13.5. The molecule has 0 aliphatic carbocycles. The molecule has 1 aromatic carbocycles. The van der Waals surface area contributed by atoms with Gasteiger partial charge in [-0.25, -0.2) is 4.39 Å². The highest BCUT2D eigenvalue weighted by molar-refractivity contribution is 5.85. The van der Waals surface area contributed by atoms with Crippen LogP contribution in [0, 0.1) is 5.82 Å². The number of alkyl halides is 3. The lowest BCUT2D eigenvalue weighted by Gasteiger charge is -2.23. The second kappa shape index (κ2) is 7.07. The molecule has 1 aromatic rings. The van der Waals surface area contributed by atoms with Crippen LogP contribution in [0.5, 0.6) is 0 Å². The largest absolute Gasteiger partial charge is 0.416 e. The minimum absolute atomic E-state index is 0. The normalized spacial score (nSPS) is 14.7. The fourth-order valence-corrected chi connectivity index (χ4v) is 1.79. The Hall–Kier alpha value is -0.850. The first-order chi connectivity index (χ1) is 8.29. The molecule has 0 bridgehead atoms. The van der Waals surface area contributed by atoms with Crippen LogP contribution >= 0.6 is 12.4 Å². The van der Waals surface area contributed by atoms with Gasteiger partial charge in [0.1, 0.15) is 5.82 Å². The minimum Gasteiger partial charge on any atom is -0.391 e. The Balaban J connectivity index is 0.00000324. The van der Waals surface area contributed by atoms with E-state index in [2.05, 4.69) is 0 Å². The van der Waals surface area contributed by atoms with Crippen molar-refractivity contribution in [3.63, 3.8) is 0 Å². The molecule has 0 amide bonds. The first kappa shape index (κ1) is 18.1. The predicted octanol–water partition coefficient (Wildman–Crippen LogP) is 3.43. The number of hydrogen-bond acceptors (Lipinski definition) is 2. The first-order valence-electron chi connectivity index (χ1n) is 5.58. The molecule has 1 rings (SSSR count). The Morgan fingerprint density at radius 2 is 1.89 bits per heavy atom. The molecule has 0 saturated carbocycles. The molecule has 110 valence electrons. The average Bonchev–Trinajstić information content (AvgIpc) is 2.27. The van der Waals surface area contributed by atoms with Gasteiger partial charge in [0.15, 0.2) is 0 Å². The van der Waals surface area contributed by atoms with Crippen molar-refractivity contribution in [2.45, 2.75) is 38.1 Å². The van der Waals surface area contributed by atoms with Crippen molar-refractivity contribution in [1.29, 1.82) is 0 Å². The SMILES string of the molecule is CCC[C@H](O)[C@H](N)c1c(F)cccc1C(F)(F)F.Cl. The summed E-state index contributed by atoms with van der Waals surface area (Å²) in [6.45, 7) is 1.75. The summed E-state index contributed by atoms with van der Waals surface area (Å²) in [4.78, 5) is 0. The lowest BCUT2D eigenvalue weighted by molar-refractivity contribution is -0.138. The Morgan fingerprint density at radius 3 is 2.37 bits per heavy atom. The summed E-state index contributed by atoms with van der Waals surface area (Å²) in [7, 11) is 0. The van der Waals surface area contributed by atoms with Gasteiger partial charge in [-0.15, -0.1) is 12.4 Å². The number of hydrogen-bond donors (Lipinski definition) is 2. The zero-order valence-electron chi connectivity index (χ0n) is 10.2. The molecule has 3 N–H and O–H groups in total. The molecular weight excluding hydrogens is 286 g/mol. The van der Waals surface area contributed by atoms with Gasteiger partial charge in [-0.3, -0.25) is 0 Å². The minimum atomic E-state index is -4.69. The molecule has 19 heavy (non-hydrogen) atoms. The van der Waals surface area contributed by atoms with E-state index in [-0.39, 0.29) is 18.8 Å². The molecule has 2 atom stereocenters. The molecule has 0 saturated heterocycles. The van der Waals surface area contributed by atoms with Crippen molar-refractivity contribution in [3.05, 3.63) is 35.1 Å². The number of aliphatic hydroxyl groups is 1. The standard InChI is InChI=1S/C12H15F4NO.ClH/c1-2-4-9(18)11(17)10-7(12(14,15)16)5-3-6-8(10)13;/h3,5-6,9,11,18H,2,4,17H2,1H3;1H/t9-,11-;/m0./s1. The Labute approximate surface area is 115 Å². The number of rotatable bonds is 4. The third-order valence-electron chi connectivity index (χ3n) is 2.69. The molecule has 0 unspecified atom stereocenters. The summed E-state index contributed by atoms with van der Waals surface area (Å²) in [5, 5.41) is 9.63. The van der Waals surface area contributed by atoms with Crippen molar-refractivity contribution in [2.24, 2.45) is 5.73 Å². The molecule has 0 aliphatic rings. The smallest absolute Gasteiger partial charge is 0.391 e. The maximum absolute atomic E-state index is 13.5. The summed E-state index contributed by atoms with van der Waals surface area (Å²) in [6, 6.07) is 1.25. The van der Waals surface area contributed by atoms with Gasteiger partial charge >= 0.3 is 6.18 Å². The lowest BCUT2D eigenvalue weighted by Crippen LogP contribution is -2.29. The highest BCUT2D eigenvalue weighted by Gasteiger charge is 2.37. The average molecular weight is 302 g/mol. The summed E-state index contributed by atoms with van der Waals surface area (Å²) in [5.74, 6) is -1.05. The van der Waals surface area contributed by atoms with Gasteiger partial charge in [0.25, 0.3) is 0 Å². The van der Waals surface area contributed by atoms with Gasteiger partial charge in [0.2, 0.25) is 0 Å². The Kier molecular flexibility index (Phi) is 6.76. The van der Waals surface area contributed by atoms with E-state index < -0.39 is 35.3 Å². The van der Waals surface area contributed by atoms with Gasteiger partial charge in [-0.2, -0.15) is 13.2 Å². The highest BCUT2D eigenvalue weighted by Crippen LogP contribution is 2.36. The van der Waals surface area contributed by atoms with E-state index >= 15 is 0 Å². The van der Waals surface area contributed by atoms with Crippen LogP contribution in [0.15, 0.2) is 18.2 Å². The van der Waals surface area contributed by atoms with Crippen LogP contribution in [0.4, 0.5) is 17.6 Å². The topological polar surface area (TPSA) is 46.2 Å². The van der Waals surface area contributed by atoms with E-state index in [9.17, 15) is 22.7 Å². The predicted molar refractivity (Wildman–Crippen MR) is 66.5 cm³/mol. The number of halogens is 5. The fourth-order valence-electron chi connectivity index (χ4n) is 1.79. The van der Waals surface area contributed by atoms with E-state index in [1.165, 1.54) is 0 Å². The molecule has 0 aromatic heterocycles. The number of benzene rings is 1. The quantitative estimate of drug-likeness (QED) is 0.837. The van der Waals surface area contributed by atoms with Gasteiger partial charge in [-0.05, 0) is 18.6 Å². The monoisotopic (exact) mass is 301 g/mol. The Morgan fingerprint density at radius 1 is 1.32 bits per heavy atom. The van der Waals surface area contributed by atoms with Gasteiger partial charge < -0.3 is 10.8 Å². The summed E-state index contributed by atoms with van der Waals surface area (Å²) in [6.07, 6.45) is -5.13. The zero-order chi connectivity index (χ0) is 13.9. The van der Waals surface area contributed by atoms with Crippen LogP contribution < -0.4 is 5.73 Å². The van der Waals surface area contributed by atoms with Crippen molar-refractivity contribution >= 4 is 12.4 Å². The summed E-state index contributed by atoms with van der Waals surface area (Å²) in [5.41, 5.74) is 3.72. The first-order valence-corrected chi connectivity index (χ1v) is 5.58. The zero-order valence-corrected chi connectivity index (χ0v) is 11.1. The van der Waals surface area contributed by atoms with Crippen molar-refractivity contribution in [3.8, 4) is 0 Å². The van der Waals surface area contributed by atoms with Crippen LogP contribution in [-0.2, 0) is 6.18 Å². The second-order valence-electron chi connectivity index (χ2n) is 4.08. The van der Waals surface area contributed by atoms with Crippen LogP contribution in [0.1, 0.15) is 36.9 Å². The lowest BCUT2D eigenvalue weighted by atomic mass is 9.94. The molecule has 0 spiro atoms. The van der Waals surface area contributed by atoms with Crippen molar-refractivity contribution in [1.82, 2.24) is 0 Å². The van der Waals surface area contributed by atoms with Crippen LogP contribution in [-0.4, -0.2) is 11.2 Å². The van der Waals surface area contributed by atoms with Crippen LogP contribution in [0.2, 0.25) is 0 Å². The van der Waals surface area contributed by atoms with E-state index in [1.54, 1.807) is 6.92 Å². The second-order valence-corrected chi connectivity index (χ2v) is 4.08. The van der Waals surface area contributed by atoms with Gasteiger partial charge in [0.05, 0.1) is 17.7 Å². The molecule has 7 heteroatoms. The summed E-state index contributed by atoms with van der Waals surface area (Å²) >= 11 is 0. The highest BCUT2D eigenvalue weighted by atomic mass is 35.5. The van der Waals surface area contributed by atoms with E-state index in [4.69, 9.17) is 5.73 Å². The van der Waals surface area contributed by atoms with Crippen molar-refractivity contribution < 1.29 is 22.7 Å². The molecule has 0 fully saturated rings. The number of aliphatic hydroxyl groups excluding tert-OH is 1. The third kappa shape index (κ3) is 4.33. The van der Waals surface area contributed by atoms with E-state index in [1.807, 2.05) is 0 Å². The van der Waals surface area contributed by atoms with Gasteiger partial charge in [0, 0.05) is 5.56 Å². The molecule has 0 heterocycles. The molecule has 0 aliphatic heterocycles. The fraction of sp³-hybridized carbons (Fsp3) is 0.500. The van der Waals surface area contributed by atoms with Crippen LogP contribution in [0.25, 0.3) is 0 Å². The van der Waals surface area contributed by atoms with E-state index in [0.717, 1.165) is 18.2 Å². The molecule has 0 radical (unpaired) electrons. The summed E-state index contributed by atoms with van der Waals surface area (Å²) < 4.78 is 51.7. The molecular formula is C12H16ClF4NO. The third-order valence-corrected chi connectivity index (χ3v) is 2.69. The maximum Gasteiger partial charge on any atom is 0.416 e.